The number of rotatable bonds is 11. The molecular weight excluding hydrogens is 546 g/mol. The molecule has 0 bridgehead atoms. The van der Waals surface area contributed by atoms with Gasteiger partial charge >= 0.3 is 12.1 Å². The van der Waals surface area contributed by atoms with Crippen molar-refractivity contribution in [1.29, 1.82) is 0 Å². The van der Waals surface area contributed by atoms with Crippen LogP contribution in [0.5, 0.6) is 0 Å². The Morgan fingerprint density at radius 2 is 1.77 bits per heavy atom. The molecule has 4 rings (SSSR count). The van der Waals surface area contributed by atoms with Crippen molar-refractivity contribution in [1.82, 2.24) is 19.8 Å². The summed E-state index contributed by atoms with van der Waals surface area (Å²) in [6.07, 6.45) is 11.1. The molecule has 0 saturated carbocycles. The molecule has 2 aromatic heterocycles. The first-order chi connectivity index (χ1) is 20.3. The van der Waals surface area contributed by atoms with Crippen molar-refractivity contribution in [2.24, 2.45) is 0 Å². The number of esters is 1. The fourth-order valence-electron chi connectivity index (χ4n) is 5.48. The number of likely N-dealkylation sites (N-methyl/N-ethyl adjacent to an activating group) is 1. The molecule has 0 unspecified atom stereocenters. The van der Waals surface area contributed by atoms with E-state index in [0.717, 1.165) is 54.6 Å². The van der Waals surface area contributed by atoms with Crippen LogP contribution in [-0.2, 0) is 32.5 Å². The summed E-state index contributed by atoms with van der Waals surface area (Å²) in [4.78, 5) is 50.5. The fraction of sp³-hybridized carbons (Fsp3) is 0.545. The number of amides is 2. The molecule has 2 aliphatic rings. The molecule has 10 nitrogen and oxygen atoms in total. The molecule has 0 saturated heterocycles. The zero-order chi connectivity index (χ0) is 31.4. The van der Waals surface area contributed by atoms with Crippen LogP contribution in [0.1, 0.15) is 86.6 Å². The first-order valence-corrected chi connectivity index (χ1v) is 15.1. The number of nitrogens with zero attached hydrogens (tertiary/aromatic N) is 4. The molecule has 2 aromatic rings. The maximum Gasteiger partial charge on any atom is 0.410 e. The number of carbonyl (C=O) groups is 3. The number of unbranched alkanes of at least 4 members (excludes halogenated alkanes) is 2. The van der Waals surface area contributed by atoms with E-state index in [1.54, 1.807) is 44.3 Å². The van der Waals surface area contributed by atoms with Gasteiger partial charge in [0.2, 0.25) is 5.91 Å². The van der Waals surface area contributed by atoms with Gasteiger partial charge in [-0.1, -0.05) is 18.6 Å². The predicted octanol–water partition coefficient (Wildman–Crippen LogP) is 5.01. The topological polar surface area (TPSA) is 114 Å². The molecule has 2 amide bonds. The van der Waals surface area contributed by atoms with Crippen LogP contribution in [0.2, 0.25) is 0 Å². The predicted molar refractivity (Wildman–Crippen MR) is 166 cm³/mol. The summed E-state index contributed by atoms with van der Waals surface area (Å²) in [7, 11) is 3.86. The maximum absolute atomic E-state index is 13.3. The van der Waals surface area contributed by atoms with Gasteiger partial charge in [0.1, 0.15) is 17.1 Å². The Bertz CT molecular complexity index is 1380. The lowest BCUT2D eigenvalue weighted by Gasteiger charge is -2.24. The highest BCUT2D eigenvalue weighted by Crippen LogP contribution is 2.47. The van der Waals surface area contributed by atoms with Gasteiger partial charge < -0.3 is 24.6 Å². The van der Waals surface area contributed by atoms with Crippen molar-refractivity contribution < 1.29 is 23.9 Å². The molecule has 43 heavy (non-hydrogen) atoms. The summed E-state index contributed by atoms with van der Waals surface area (Å²) in [5, 5.41) is 2.96. The summed E-state index contributed by atoms with van der Waals surface area (Å²) in [5.41, 5.74) is 2.73. The van der Waals surface area contributed by atoms with Crippen molar-refractivity contribution >= 4 is 29.9 Å². The summed E-state index contributed by atoms with van der Waals surface area (Å²) >= 11 is 0. The van der Waals surface area contributed by atoms with Gasteiger partial charge in [0.05, 0.1) is 11.5 Å². The number of carbonyl (C=O) groups excluding carboxylic acids is 3. The van der Waals surface area contributed by atoms with Crippen LogP contribution in [0, 0.1) is 0 Å². The fourth-order valence-corrected chi connectivity index (χ4v) is 5.48. The lowest BCUT2D eigenvalue weighted by Crippen LogP contribution is -2.35. The van der Waals surface area contributed by atoms with Crippen LogP contribution in [0.3, 0.4) is 0 Å². The molecule has 0 radical (unpaired) electrons. The van der Waals surface area contributed by atoms with Crippen LogP contribution in [0.15, 0.2) is 30.6 Å². The SMILES string of the molecule is CC(C)OC(=O)c1cc2c(cn1)C[C@@]1(C2)C(=O)Nc2ncc(/C=C/CN(C)CCCCCN(C)C(=O)OC(C)(C)C)cc21. The quantitative estimate of drug-likeness (QED) is 0.287. The molecule has 232 valence electrons. The number of fused-ring (bicyclic) bond motifs is 3. The van der Waals surface area contributed by atoms with Crippen molar-refractivity contribution in [3.8, 4) is 0 Å². The lowest BCUT2D eigenvalue weighted by atomic mass is 9.79. The minimum absolute atomic E-state index is 0.0735. The van der Waals surface area contributed by atoms with E-state index in [9.17, 15) is 14.4 Å². The first kappa shape index (κ1) is 32.1. The number of hydrogen-bond acceptors (Lipinski definition) is 8. The third-order valence-electron chi connectivity index (χ3n) is 7.68. The Balaban J connectivity index is 1.29. The van der Waals surface area contributed by atoms with E-state index < -0.39 is 17.0 Å². The molecule has 0 aromatic carbocycles. The highest BCUT2D eigenvalue weighted by atomic mass is 16.6. The number of pyridine rings is 2. The summed E-state index contributed by atoms with van der Waals surface area (Å²) in [6.45, 7) is 11.6. The van der Waals surface area contributed by atoms with E-state index in [1.807, 2.05) is 32.9 Å². The molecule has 10 heteroatoms. The second-order valence-electron chi connectivity index (χ2n) is 13.0. The van der Waals surface area contributed by atoms with Crippen LogP contribution in [0.25, 0.3) is 6.08 Å². The molecule has 1 N–H and O–H groups in total. The van der Waals surface area contributed by atoms with E-state index in [4.69, 9.17) is 9.47 Å². The van der Waals surface area contributed by atoms with Crippen molar-refractivity contribution in [2.45, 2.75) is 83.8 Å². The Kier molecular flexibility index (Phi) is 9.89. The third kappa shape index (κ3) is 7.98. The van der Waals surface area contributed by atoms with E-state index in [2.05, 4.69) is 33.3 Å². The van der Waals surface area contributed by atoms with Crippen LogP contribution in [-0.4, -0.2) is 83.2 Å². The second kappa shape index (κ2) is 13.2. The highest BCUT2D eigenvalue weighted by Gasteiger charge is 2.51. The van der Waals surface area contributed by atoms with Crippen LogP contribution in [0.4, 0.5) is 10.6 Å². The largest absolute Gasteiger partial charge is 0.458 e. The zero-order valence-electron chi connectivity index (χ0n) is 26.5. The van der Waals surface area contributed by atoms with Gasteiger partial charge in [-0.25, -0.2) is 19.6 Å². The number of hydrogen-bond donors (Lipinski definition) is 1. The number of anilines is 1. The molecule has 1 atom stereocenters. The Morgan fingerprint density at radius 1 is 1.05 bits per heavy atom. The average Bonchev–Trinajstić information content (AvgIpc) is 3.43. The van der Waals surface area contributed by atoms with Crippen LogP contribution >= 0.6 is 0 Å². The van der Waals surface area contributed by atoms with E-state index in [1.165, 1.54) is 0 Å². The van der Waals surface area contributed by atoms with Crippen molar-refractivity contribution in [2.75, 3.05) is 39.0 Å². The average molecular weight is 592 g/mol. The number of nitrogens with one attached hydrogen (secondary N) is 1. The van der Waals surface area contributed by atoms with Crippen LogP contribution < -0.4 is 5.32 Å². The highest BCUT2D eigenvalue weighted by molar-refractivity contribution is 6.06. The lowest BCUT2D eigenvalue weighted by molar-refractivity contribution is -0.120. The Labute approximate surface area is 254 Å². The van der Waals surface area contributed by atoms with E-state index >= 15 is 0 Å². The number of aromatic nitrogens is 2. The van der Waals surface area contributed by atoms with Gasteiger partial charge in [0, 0.05) is 38.1 Å². The third-order valence-corrected chi connectivity index (χ3v) is 7.68. The Hall–Kier alpha value is -3.79. The van der Waals surface area contributed by atoms with Gasteiger partial charge in [-0.05, 0) is 103 Å². The van der Waals surface area contributed by atoms with Gasteiger partial charge in [0.15, 0.2) is 0 Å². The smallest absolute Gasteiger partial charge is 0.410 e. The zero-order valence-corrected chi connectivity index (χ0v) is 26.5. The molecule has 1 aliphatic carbocycles. The van der Waals surface area contributed by atoms with Gasteiger partial charge in [-0.2, -0.15) is 0 Å². The van der Waals surface area contributed by atoms with E-state index in [0.29, 0.717) is 25.2 Å². The van der Waals surface area contributed by atoms with Gasteiger partial charge in [0.25, 0.3) is 0 Å². The molecule has 1 spiro atoms. The monoisotopic (exact) mass is 591 g/mol. The Morgan fingerprint density at radius 3 is 2.49 bits per heavy atom. The van der Waals surface area contributed by atoms with Gasteiger partial charge in [-0.3, -0.25) is 4.79 Å². The summed E-state index contributed by atoms with van der Waals surface area (Å²) < 4.78 is 10.7. The normalized spacial score (nSPS) is 17.5. The molecule has 0 fully saturated rings. The summed E-state index contributed by atoms with van der Waals surface area (Å²) in [5.74, 6) is 0.0623. The van der Waals surface area contributed by atoms with Gasteiger partial charge in [-0.15, -0.1) is 0 Å². The first-order valence-electron chi connectivity index (χ1n) is 15.1. The summed E-state index contributed by atoms with van der Waals surface area (Å²) in [6, 6.07) is 3.80. The second-order valence-corrected chi connectivity index (χ2v) is 13.0. The molecule has 3 heterocycles. The standard InChI is InChI=1S/C33H45N5O5/c1-22(2)42-29(39)27-17-24-18-33(19-25(24)21-34-27)26-16-23(20-35-28(26)36-30(33)40)12-11-14-37(6)13-9-8-10-15-38(7)31(41)43-32(3,4)5/h11-12,16-17,20-22H,8-10,13-15,18-19H2,1-7H3,(H,35,36,40)/b12-11+/t33-/m1/s1. The van der Waals surface area contributed by atoms with Crippen molar-refractivity contribution in [3.63, 3.8) is 0 Å². The minimum atomic E-state index is -0.759. The minimum Gasteiger partial charge on any atom is -0.458 e. The van der Waals surface area contributed by atoms with Crippen molar-refractivity contribution in [3.05, 3.63) is 58.6 Å². The van der Waals surface area contributed by atoms with E-state index in [-0.39, 0.29) is 23.8 Å². The molecular formula is C33H45N5O5. The molecule has 1 aliphatic heterocycles. The number of ether oxygens (including phenoxy) is 2. The maximum atomic E-state index is 13.3.